The number of rotatable bonds is 1. The molecule has 17 heavy (non-hydrogen) atoms. The van der Waals surface area contributed by atoms with E-state index in [1.54, 1.807) is 0 Å². The molecule has 0 aliphatic heterocycles. The first-order valence-electron chi connectivity index (χ1n) is 8.34. The van der Waals surface area contributed by atoms with Crippen LogP contribution in [0.15, 0.2) is 0 Å². The van der Waals surface area contributed by atoms with Crippen LogP contribution >= 0.6 is 0 Å². The van der Waals surface area contributed by atoms with Crippen molar-refractivity contribution < 1.29 is 0 Å². The SMILES string of the molecule is CC.CC.CC.CC.CCC1CCCCC1C. The zero-order chi connectivity index (χ0) is 14.7. The van der Waals surface area contributed by atoms with E-state index in [1.807, 2.05) is 55.4 Å². The summed E-state index contributed by atoms with van der Waals surface area (Å²) in [5, 5.41) is 0. The lowest BCUT2D eigenvalue weighted by Gasteiger charge is -2.27. The van der Waals surface area contributed by atoms with Gasteiger partial charge in [-0.1, -0.05) is 101 Å². The van der Waals surface area contributed by atoms with E-state index in [9.17, 15) is 0 Å². The molecule has 0 radical (unpaired) electrons. The maximum atomic E-state index is 2.41. The van der Waals surface area contributed by atoms with Crippen molar-refractivity contribution in [3.63, 3.8) is 0 Å². The van der Waals surface area contributed by atoms with Crippen LogP contribution in [0.5, 0.6) is 0 Å². The Hall–Kier alpha value is 0. The topological polar surface area (TPSA) is 0 Å². The van der Waals surface area contributed by atoms with Crippen LogP contribution in [0.3, 0.4) is 0 Å². The minimum atomic E-state index is 1.02. The maximum absolute atomic E-state index is 2.41. The predicted molar refractivity (Wildman–Crippen MR) is 86.8 cm³/mol. The van der Waals surface area contributed by atoms with Gasteiger partial charge in [0.15, 0.2) is 0 Å². The summed E-state index contributed by atoms with van der Waals surface area (Å²) in [5.41, 5.74) is 0. The molecule has 1 saturated carbocycles. The fraction of sp³-hybridized carbons (Fsp3) is 1.00. The largest absolute Gasteiger partial charge is 0.0683 e. The van der Waals surface area contributed by atoms with Crippen molar-refractivity contribution >= 4 is 0 Å². The third-order valence-electron chi connectivity index (χ3n) is 2.81. The van der Waals surface area contributed by atoms with Crippen molar-refractivity contribution in [2.45, 2.75) is 101 Å². The van der Waals surface area contributed by atoms with Crippen LogP contribution in [0.25, 0.3) is 0 Å². The van der Waals surface area contributed by atoms with Crippen LogP contribution in [0.2, 0.25) is 0 Å². The Morgan fingerprint density at radius 1 is 0.706 bits per heavy atom. The number of hydrogen-bond donors (Lipinski definition) is 0. The summed E-state index contributed by atoms with van der Waals surface area (Å²) in [6.07, 6.45) is 7.36. The second kappa shape index (κ2) is 29.8. The van der Waals surface area contributed by atoms with Crippen molar-refractivity contribution in [1.29, 1.82) is 0 Å². The first-order valence-corrected chi connectivity index (χ1v) is 8.34. The van der Waals surface area contributed by atoms with E-state index in [1.165, 1.54) is 32.1 Å². The molecule has 1 fully saturated rings. The lowest BCUT2D eigenvalue weighted by Crippen LogP contribution is -2.15. The van der Waals surface area contributed by atoms with Gasteiger partial charge in [0, 0.05) is 0 Å². The van der Waals surface area contributed by atoms with Gasteiger partial charge in [-0.15, -0.1) is 0 Å². The summed E-state index contributed by atoms with van der Waals surface area (Å²) in [7, 11) is 0. The van der Waals surface area contributed by atoms with Gasteiger partial charge in [0.05, 0.1) is 0 Å². The highest BCUT2D eigenvalue weighted by atomic mass is 14.2. The smallest absolute Gasteiger partial charge is 0.0391 e. The molecule has 0 nitrogen and oxygen atoms in total. The van der Waals surface area contributed by atoms with Gasteiger partial charge in [0.1, 0.15) is 0 Å². The molecule has 1 aliphatic rings. The van der Waals surface area contributed by atoms with Crippen molar-refractivity contribution in [3.05, 3.63) is 0 Å². The summed E-state index contributed by atoms with van der Waals surface area (Å²) in [6.45, 7) is 20.7. The van der Waals surface area contributed by atoms with Crippen molar-refractivity contribution in [3.8, 4) is 0 Å². The molecule has 1 aliphatic carbocycles. The van der Waals surface area contributed by atoms with E-state index in [0.29, 0.717) is 0 Å². The predicted octanol–water partition coefficient (Wildman–Crippen LogP) is 7.33. The Labute approximate surface area is 114 Å². The summed E-state index contributed by atoms with van der Waals surface area (Å²) >= 11 is 0. The molecule has 0 heteroatoms. The zero-order valence-electron chi connectivity index (χ0n) is 14.7. The zero-order valence-corrected chi connectivity index (χ0v) is 14.7. The molecule has 110 valence electrons. The second-order valence-electron chi connectivity index (χ2n) is 3.43. The molecule has 0 aromatic carbocycles. The van der Waals surface area contributed by atoms with E-state index in [-0.39, 0.29) is 0 Å². The maximum Gasteiger partial charge on any atom is -0.0391 e. The molecular weight excluding hydrogens is 204 g/mol. The van der Waals surface area contributed by atoms with Gasteiger partial charge in [-0.2, -0.15) is 0 Å². The lowest BCUT2D eigenvalue weighted by molar-refractivity contribution is 0.249. The average Bonchev–Trinajstić information content (AvgIpc) is 2.48. The third kappa shape index (κ3) is 18.6. The summed E-state index contributed by atoms with van der Waals surface area (Å²) < 4.78 is 0. The van der Waals surface area contributed by atoms with Crippen LogP contribution < -0.4 is 0 Å². The minimum Gasteiger partial charge on any atom is -0.0683 e. The van der Waals surface area contributed by atoms with Gasteiger partial charge in [-0.3, -0.25) is 0 Å². The van der Waals surface area contributed by atoms with Gasteiger partial charge < -0.3 is 0 Å². The van der Waals surface area contributed by atoms with Crippen molar-refractivity contribution in [2.24, 2.45) is 11.8 Å². The van der Waals surface area contributed by atoms with E-state index in [0.717, 1.165) is 11.8 Å². The second-order valence-corrected chi connectivity index (χ2v) is 3.43. The Morgan fingerprint density at radius 2 is 1.06 bits per heavy atom. The van der Waals surface area contributed by atoms with Gasteiger partial charge in [0.25, 0.3) is 0 Å². The standard InChI is InChI=1S/C9H18.4C2H6/c1-3-9-7-5-4-6-8(9)2;4*1-2/h8-9H,3-7H2,1-2H3;4*1-2H3. The highest BCUT2D eigenvalue weighted by Crippen LogP contribution is 2.31. The normalized spacial score (nSPS) is 20.8. The fourth-order valence-corrected chi connectivity index (χ4v) is 2.00. The third-order valence-corrected chi connectivity index (χ3v) is 2.81. The summed E-state index contributed by atoms with van der Waals surface area (Å²) in [6, 6.07) is 0. The fourth-order valence-electron chi connectivity index (χ4n) is 2.00. The van der Waals surface area contributed by atoms with Gasteiger partial charge in [-0.25, -0.2) is 0 Å². The van der Waals surface area contributed by atoms with Crippen LogP contribution in [-0.4, -0.2) is 0 Å². The molecular formula is C17H42. The Kier molecular flexibility index (Phi) is 45.1. The lowest BCUT2D eigenvalue weighted by atomic mass is 9.79. The minimum absolute atomic E-state index is 1.02. The molecule has 0 aromatic rings. The first kappa shape index (κ1) is 25.8. The molecule has 0 saturated heterocycles. The van der Waals surface area contributed by atoms with Gasteiger partial charge >= 0.3 is 0 Å². The average molecular weight is 247 g/mol. The van der Waals surface area contributed by atoms with Gasteiger partial charge in [0.2, 0.25) is 0 Å². The number of hydrogen-bond acceptors (Lipinski definition) is 0. The Morgan fingerprint density at radius 3 is 1.29 bits per heavy atom. The van der Waals surface area contributed by atoms with E-state index < -0.39 is 0 Å². The summed E-state index contributed by atoms with van der Waals surface area (Å²) in [5.74, 6) is 2.07. The quantitative estimate of drug-likeness (QED) is 0.454. The van der Waals surface area contributed by atoms with Crippen molar-refractivity contribution in [1.82, 2.24) is 0 Å². The molecule has 0 heterocycles. The highest BCUT2D eigenvalue weighted by molar-refractivity contribution is 4.70. The monoisotopic (exact) mass is 246 g/mol. The van der Waals surface area contributed by atoms with Crippen LogP contribution in [0.1, 0.15) is 101 Å². The molecule has 2 atom stereocenters. The Balaban J connectivity index is -0.0000000905. The molecule has 0 N–H and O–H groups in total. The van der Waals surface area contributed by atoms with E-state index in [2.05, 4.69) is 13.8 Å². The van der Waals surface area contributed by atoms with Crippen LogP contribution in [0.4, 0.5) is 0 Å². The first-order chi connectivity index (χ1) is 8.34. The molecule has 0 amide bonds. The molecule has 1 rings (SSSR count). The molecule has 0 aromatic heterocycles. The van der Waals surface area contributed by atoms with Crippen molar-refractivity contribution in [2.75, 3.05) is 0 Å². The highest BCUT2D eigenvalue weighted by Gasteiger charge is 2.18. The molecule has 0 bridgehead atoms. The van der Waals surface area contributed by atoms with Gasteiger partial charge in [-0.05, 0) is 11.8 Å². The Bertz CT molecular complexity index is 76.1. The van der Waals surface area contributed by atoms with Crippen LogP contribution in [0, 0.1) is 11.8 Å². The van der Waals surface area contributed by atoms with E-state index >= 15 is 0 Å². The molecule has 2 unspecified atom stereocenters. The van der Waals surface area contributed by atoms with Crippen LogP contribution in [-0.2, 0) is 0 Å². The van der Waals surface area contributed by atoms with E-state index in [4.69, 9.17) is 0 Å². The summed E-state index contributed by atoms with van der Waals surface area (Å²) in [4.78, 5) is 0. The molecule has 0 spiro atoms.